The minimum atomic E-state index is 0.0735. The highest BCUT2D eigenvalue weighted by atomic mass is 16.5. The molecule has 0 N–H and O–H groups in total. The molecule has 2 amide bonds. The van der Waals surface area contributed by atoms with Gasteiger partial charge in [0.15, 0.2) is 0 Å². The number of fused-ring (bicyclic) bond motifs is 1. The number of hydrogen-bond acceptors (Lipinski definition) is 4. The van der Waals surface area contributed by atoms with Gasteiger partial charge in [-0.25, -0.2) is 0 Å². The fourth-order valence-electron chi connectivity index (χ4n) is 3.98. The van der Waals surface area contributed by atoms with Crippen LogP contribution in [0.25, 0.3) is 0 Å². The van der Waals surface area contributed by atoms with E-state index in [1.54, 1.807) is 0 Å². The first kappa shape index (κ1) is 16.7. The van der Waals surface area contributed by atoms with E-state index in [1.165, 1.54) is 12.8 Å². The lowest BCUT2D eigenvalue weighted by Gasteiger charge is -2.39. The maximum absolute atomic E-state index is 12.6. The van der Waals surface area contributed by atoms with Crippen LogP contribution in [-0.2, 0) is 14.3 Å². The second-order valence-corrected chi connectivity index (χ2v) is 7.36. The Morgan fingerprint density at radius 3 is 2.65 bits per heavy atom. The molecule has 6 heteroatoms. The molecule has 0 unspecified atom stereocenters. The van der Waals surface area contributed by atoms with Crippen LogP contribution in [0, 0.1) is 5.92 Å². The number of amides is 2. The van der Waals surface area contributed by atoms with Gasteiger partial charge in [-0.15, -0.1) is 0 Å². The summed E-state index contributed by atoms with van der Waals surface area (Å²) in [5.74, 6) is 0.543. The molecule has 6 nitrogen and oxygen atoms in total. The molecule has 2 atom stereocenters. The molecule has 3 rings (SSSR count). The summed E-state index contributed by atoms with van der Waals surface area (Å²) in [4.78, 5) is 30.9. The Bertz CT molecular complexity index is 448. The van der Waals surface area contributed by atoms with Crippen LogP contribution in [0.15, 0.2) is 0 Å². The SMILES string of the molecule is CC(C)N1C[C@H]2CN(C(=O)CN3CCCC3)CC[C@@H]2OCC1=O. The van der Waals surface area contributed by atoms with Gasteiger partial charge in [0.25, 0.3) is 0 Å². The van der Waals surface area contributed by atoms with E-state index >= 15 is 0 Å². The van der Waals surface area contributed by atoms with Crippen LogP contribution in [-0.4, -0.2) is 84.5 Å². The first-order valence-corrected chi connectivity index (χ1v) is 8.96. The van der Waals surface area contributed by atoms with Crippen LogP contribution >= 0.6 is 0 Å². The third kappa shape index (κ3) is 3.86. The molecule has 3 aliphatic heterocycles. The highest BCUT2D eigenvalue weighted by Crippen LogP contribution is 2.25. The van der Waals surface area contributed by atoms with Crippen LogP contribution in [0.3, 0.4) is 0 Å². The molecule has 3 heterocycles. The fourth-order valence-corrected chi connectivity index (χ4v) is 3.98. The van der Waals surface area contributed by atoms with Crippen molar-refractivity contribution < 1.29 is 14.3 Å². The first-order valence-electron chi connectivity index (χ1n) is 8.96. The maximum Gasteiger partial charge on any atom is 0.248 e. The van der Waals surface area contributed by atoms with Crippen molar-refractivity contribution in [1.29, 1.82) is 0 Å². The highest BCUT2D eigenvalue weighted by Gasteiger charge is 2.37. The van der Waals surface area contributed by atoms with E-state index in [9.17, 15) is 9.59 Å². The van der Waals surface area contributed by atoms with E-state index in [0.29, 0.717) is 19.6 Å². The molecule has 0 spiro atoms. The number of nitrogens with zero attached hydrogens (tertiary/aromatic N) is 3. The van der Waals surface area contributed by atoms with Crippen molar-refractivity contribution in [3.8, 4) is 0 Å². The van der Waals surface area contributed by atoms with Gasteiger partial charge in [0, 0.05) is 31.6 Å². The van der Waals surface area contributed by atoms with Crippen LogP contribution in [0.4, 0.5) is 0 Å². The lowest BCUT2D eigenvalue weighted by molar-refractivity contribution is -0.138. The predicted molar refractivity (Wildman–Crippen MR) is 87.0 cm³/mol. The second-order valence-electron chi connectivity index (χ2n) is 7.36. The second kappa shape index (κ2) is 7.18. The highest BCUT2D eigenvalue weighted by molar-refractivity contribution is 5.79. The summed E-state index contributed by atoms with van der Waals surface area (Å²) in [7, 11) is 0. The van der Waals surface area contributed by atoms with Crippen LogP contribution in [0.2, 0.25) is 0 Å². The number of rotatable bonds is 3. The zero-order valence-corrected chi connectivity index (χ0v) is 14.4. The summed E-state index contributed by atoms with van der Waals surface area (Å²) in [5.41, 5.74) is 0. The lowest BCUT2D eigenvalue weighted by Crippen LogP contribution is -2.51. The number of ether oxygens (including phenoxy) is 1. The van der Waals surface area contributed by atoms with Gasteiger partial charge in [-0.2, -0.15) is 0 Å². The van der Waals surface area contributed by atoms with Gasteiger partial charge >= 0.3 is 0 Å². The zero-order chi connectivity index (χ0) is 16.4. The average Bonchev–Trinajstić information content (AvgIpc) is 2.96. The molecule has 3 aliphatic rings. The van der Waals surface area contributed by atoms with Gasteiger partial charge in [-0.3, -0.25) is 14.5 Å². The smallest absolute Gasteiger partial charge is 0.248 e. The minimum Gasteiger partial charge on any atom is -0.368 e. The zero-order valence-electron chi connectivity index (χ0n) is 14.4. The van der Waals surface area contributed by atoms with E-state index in [1.807, 2.05) is 23.6 Å². The van der Waals surface area contributed by atoms with E-state index in [2.05, 4.69) is 4.90 Å². The third-order valence-corrected chi connectivity index (χ3v) is 5.37. The molecule has 0 aromatic carbocycles. The van der Waals surface area contributed by atoms with Gasteiger partial charge in [-0.05, 0) is 46.2 Å². The van der Waals surface area contributed by atoms with Gasteiger partial charge in [-0.1, -0.05) is 0 Å². The number of carbonyl (C=O) groups is 2. The van der Waals surface area contributed by atoms with Crippen molar-refractivity contribution in [1.82, 2.24) is 14.7 Å². The largest absolute Gasteiger partial charge is 0.368 e. The van der Waals surface area contributed by atoms with E-state index in [-0.39, 0.29) is 36.5 Å². The molecule has 0 saturated carbocycles. The minimum absolute atomic E-state index is 0.0735. The maximum atomic E-state index is 12.6. The number of carbonyl (C=O) groups excluding carboxylic acids is 2. The van der Waals surface area contributed by atoms with Crippen molar-refractivity contribution >= 4 is 11.8 Å². The Morgan fingerprint density at radius 2 is 1.96 bits per heavy atom. The summed E-state index contributed by atoms with van der Waals surface area (Å²) in [5, 5.41) is 0. The van der Waals surface area contributed by atoms with Gasteiger partial charge in [0.1, 0.15) is 6.61 Å². The quantitative estimate of drug-likeness (QED) is 0.762. The van der Waals surface area contributed by atoms with Gasteiger partial charge in [0.2, 0.25) is 11.8 Å². The molecular weight excluding hydrogens is 294 g/mol. The normalized spacial score (nSPS) is 29.8. The Labute approximate surface area is 138 Å². The van der Waals surface area contributed by atoms with Crippen LogP contribution in [0.5, 0.6) is 0 Å². The predicted octanol–water partition coefficient (Wildman–Crippen LogP) is 0.567. The summed E-state index contributed by atoms with van der Waals surface area (Å²) >= 11 is 0. The van der Waals surface area contributed by atoms with Crippen molar-refractivity contribution in [2.24, 2.45) is 5.92 Å². The van der Waals surface area contributed by atoms with Crippen LogP contribution in [0.1, 0.15) is 33.1 Å². The Morgan fingerprint density at radius 1 is 1.22 bits per heavy atom. The van der Waals surface area contributed by atoms with Crippen molar-refractivity contribution in [3.63, 3.8) is 0 Å². The Kier molecular flexibility index (Phi) is 5.21. The summed E-state index contributed by atoms with van der Waals surface area (Å²) in [6.45, 7) is 9.07. The van der Waals surface area contributed by atoms with Gasteiger partial charge < -0.3 is 14.5 Å². The Hall–Kier alpha value is -1.14. The number of hydrogen-bond donors (Lipinski definition) is 0. The molecular formula is C17H29N3O3. The molecule has 130 valence electrons. The first-order chi connectivity index (χ1) is 11.0. The molecule has 3 saturated heterocycles. The van der Waals surface area contributed by atoms with Gasteiger partial charge in [0.05, 0.1) is 12.6 Å². The molecule has 0 aromatic heterocycles. The van der Waals surface area contributed by atoms with Crippen molar-refractivity contribution in [3.05, 3.63) is 0 Å². The molecule has 3 fully saturated rings. The van der Waals surface area contributed by atoms with E-state index in [4.69, 9.17) is 4.74 Å². The summed E-state index contributed by atoms with van der Waals surface area (Å²) in [6.07, 6.45) is 3.36. The van der Waals surface area contributed by atoms with E-state index in [0.717, 1.165) is 26.1 Å². The monoisotopic (exact) mass is 323 g/mol. The topological polar surface area (TPSA) is 53.1 Å². The Balaban J connectivity index is 1.60. The van der Waals surface area contributed by atoms with E-state index < -0.39 is 0 Å². The number of piperidine rings is 1. The molecule has 0 aromatic rings. The van der Waals surface area contributed by atoms with Crippen molar-refractivity contribution in [2.75, 3.05) is 45.9 Å². The lowest BCUT2D eigenvalue weighted by atomic mass is 9.93. The molecule has 23 heavy (non-hydrogen) atoms. The van der Waals surface area contributed by atoms with Crippen molar-refractivity contribution in [2.45, 2.75) is 45.3 Å². The summed E-state index contributed by atoms with van der Waals surface area (Å²) < 4.78 is 5.82. The fraction of sp³-hybridized carbons (Fsp3) is 0.882. The number of likely N-dealkylation sites (tertiary alicyclic amines) is 2. The van der Waals surface area contributed by atoms with Crippen LogP contribution < -0.4 is 0 Å². The molecule has 0 bridgehead atoms. The third-order valence-electron chi connectivity index (χ3n) is 5.37. The standard InChI is InChI=1S/C17H29N3O3/c1-13(2)20-10-14-9-19(8-5-15(14)23-12-17(20)22)16(21)11-18-6-3-4-7-18/h13-15H,3-12H2,1-2H3/t14-,15+/m1/s1. The average molecular weight is 323 g/mol. The molecule has 0 radical (unpaired) electrons. The summed E-state index contributed by atoms with van der Waals surface area (Å²) in [6, 6.07) is 0.181. The molecule has 0 aliphatic carbocycles.